The fourth-order valence-electron chi connectivity index (χ4n) is 2.70. The van der Waals surface area contributed by atoms with Crippen molar-refractivity contribution in [3.05, 3.63) is 22.4 Å². The van der Waals surface area contributed by atoms with Gasteiger partial charge < -0.3 is 5.32 Å². The Bertz CT molecular complexity index is 281. The van der Waals surface area contributed by atoms with Crippen molar-refractivity contribution in [1.29, 1.82) is 0 Å². The number of rotatable bonds is 5. The SMILES string of the molecule is CCC1CCCC(NCCc2ccsc2)C1. The van der Waals surface area contributed by atoms with E-state index in [1.54, 1.807) is 11.3 Å². The molecule has 0 aliphatic heterocycles. The third-order valence-electron chi connectivity index (χ3n) is 3.79. The third-order valence-corrected chi connectivity index (χ3v) is 4.52. The van der Waals surface area contributed by atoms with Crippen LogP contribution >= 0.6 is 11.3 Å². The van der Waals surface area contributed by atoms with E-state index in [1.807, 2.05) is 0 Å². The molecule has 0 spiro atoms. The van der Waals surface area contributed by atoms with E-state index in [9.17, 15) is 0 Å². The molecule has 0 saturated heterocycles. The summed E-state index contributed by atoms with van der Waals surface area (Å²) in [5.41, 5.74) is 1.49. The van der Waals surface area contributed by atoms with Crippen LogP contribution in [0.1, 0.15) is 44.6 Å². The van der Waals surface area contributed by atoms with Gasteiger partial charge in [0.25, 0.3) is 0 Å². The molecule has 1 aromatic rings. The highest BCUT2D eigenvalue weighted by Crippen LogP contribution is 2.26. The van der Waals surface area contributed by atoms with Crippen LogP contribution in [0.25, 0.3) is 0 Å². The van der Waals surface area contributed by atoms with E-state index in [4.69, 9.17) is 0 Å². The monoisotopic (exact) mass is 237 g/mol. The quantitative estimate of drug-likeness (QED) is 0.820. The molecule has 1 aliphatic carbocycles. The summed E-state index contributed by atoms with van der Waals surface area (Å²) in [6.07, 6.45) is 8.23. The van der Waals surface area contributed by atoms with Gasteiger partial charge in [-0.15, -0.1) is 0 Å². The van der Waals surface area contributed by atoms with Crippen molar-refractivity contribution >= 4 is 11.3 Å². The van der Waals surface area contributed by atoms with Crippen molar-refractivity contribution < 1.29 is 0 Å². The largest absolute Gasteiger partial charge is 0.314 e. The molecule has 2 atom stereocenters. The highest BCUT2D eigenvalue weighted by atomic mass is 32.1. The third kappa shape index (κ3) is 3.60. The molecule has 2 rings (SSSR count). The molecule has 1 N–H and O–H groups in total. The van der Waals surface area contributed by atoms with Gasteiger partial charge in [0, 0.05) is 6.04 Å². The van der Waals surface area contributed by atoms with E-state index in [2.05, 4.69) is 29.1 Å². The second-order valence-electron chi connectivity index (χ2n) is 4.97. The van der Waals surface area contributed by atoms with Crippen molar-refractivity contribution in [2.45, 2.75) is 51.5 Å². The van der Waals surface area contributed by atoms with Crippen LogP contribution in [-0.4, -0.2) is 12.6 Å². The van der Waals surface area contributed by atoms with Gasteiger partial charge in [-0.05, 0) is 54.1 Å². The molecule has 1 nitrogen and oxygen atoms in total. The van der Waals surface area contributed by atoms with Gasteiger partial charge in [0.05, 0.1) is 0 Å². The van der Waals surface area contributed by atoms with E-state index in [0.717, 1.165) is 18.5 Å². The molecule has 16 heavy (non-hydrogen) atoms. The van der Waals surface area contributed by atoms with Crippen LogP contribution in [0.3, 0.4) is 0 Å². The molecule has 1 aliphatic rings. The van der Waals surface area contributed by atoms with E-state index >= 15 is 0 Å². The first-order chi connectivity index (χ1) is 7.88. The lowest BCUT2D eigenvalue weighted by Gasteiger charge is -2.29. The van der Waals surface area contributed by atoms with Gasteiger partial charge in [0.15, 0.2) is 0 Å². The van der Waals surface area contributed by atoms with E-state index in [0.29, 0.717) is 0 Å². The van der Waals surface area contributed by atoms with Gasteiger partial charge >= 0.3 is 0 Å². The van der Waals surface area contributed by atoms with Crippen LogP contribution in [0, 0.1) is 5.92 Å². The number of nitrogens with one attached hydrogen (secondary N) is 1. The Morgan fingerprint density at radius 2 is 2.38 bits per heavy atom. The minimum absolute atomic E-state index is 0.789. The second-order valence-corrected chi connectivity index (χ2v) is 5.75. The standard InChI is InChI=1S/C14H23NS/c1-2-12-4-3-5-14(10-12)15-8-6-13-7-9-16-11-13/h7,9,11-12,14-15H,2-6,8,10H2,1H3. The van der Waals surface area contributed by atoms with Crippen LogP contribution in [0.2, 0.25) is 0 Å². The smallest absolute Gasteiger partial charge is 0.00698 e. The molecule has 0 aromatic carbocycles. The van der Waals surface area contributed by atoms with E-state index in [1.165, 1.54) is 44.1 Å². The molecule has 1 aromatic heterocycles. The summed E-state index contributed by atoms with van der Waals surface area (Å²) in [4.78, 5) is 0. The van der Waals surface area contributed by atoms with Crippen LogP contribution < -0.4 is 5.32 Å². The summed E-state index contributed by atoms with van der Waals surface area (Å²) < 4.78 is 0. The topological polar surface area (TPSA) is 12.0 Å². The summed E-state index contributed by atoms with van der Waals surface area (Å²) in [5.74, 6) is 0.979. The summed E-state index contributed by atoms with van der Waals surface area (Å²) in [6, 6.07) is 3.03. The summed E-state index contributed by atoms with van der Waals surface area (Å²) >= 11 is 1.80. The van der Waals surface area contributed by atoms with Crippen molar-refractivity contribution in [3.63, 3.8) is 0 Å². The Labute approximate surface area is 103 Å². The van der Waals surface area contributed by atoms with Gasteiger partial charge in [0.2, 0.25) is 0 Å². The van der Waals surface area contributed by atoms with Crippen molar-refractivity contribution in [2.75, 3.05) is 6.54 Å². The predicted octanol–water partition coefficient (Wildman–Crippen LogP) is 3.85. The van der Waals surface area contributed by atoms with Crippen molar-refractivity contribution in [1.82, 2.24) is 5.32 Å². The van der Waals surface area contributed by atoms with Crippen molar-refractivity contribution in [3.8, 4) is 0 Å². The Hall–Kier alpha value is -0.340. The van der Waals surface area contributed by atoms with Gasteiger partial charge in [-0.3, -0.25) is 0 Å². The highest BCUT2D eigenvalue weighted by Gasteiger charge is 2.19. The minimum atomic E-state index is 0.789. The zero-order valence-electron chi connectivity index (χ0n) is 10.2. The molecule has 1 heterocycles. The Kier molecular flexibility index (Phi) is 4.86. The van der Waals surface area contributed by atoms with Crippen LogP contribution in [0.15, 0.2) is 16.8 Å². The average molecular weight is 237 g/mol. The lowest BCUT2D eigenvalue weighted by molar-refractivity contribution is 0.280. The molecule has 0 amide bonds. The lowest BCUT2D eigenvalue weighted by atomic mass is 9.84. The zero-order valence-corrected chi connectivity index (χ0v) is 11.1. The first-order valence-corrected chi connectivity index (χ1v) is 7.57. The first-order valence-electron chi connectivity index (χ1n) is 6.63. The maximum absolute atomic E-state index is 3.73. The van der Waals surface area contributed by atoms with E-state index in [-0.39, 0.29) is 0 Å². The normalized spacial score (nSPS) is 25.8. The molecular formula is C14H23NS. The first kappa shape index (κ1) is 12.1. The van der Waals surface area contributed by atoms with Gasteiger partial charge in [0.1, 0.15) is 0 Å². The predicted molar refractivity (Wildman–Crippen MR) is 72.1 cm³/mol. The number of hydrogen-bond donors (Lipinski definition) is 1. The van der Waals surface area contributed by atoms with Crippen LogP contribution in [0.5, 0.6) is 0 Å². The maximum Gasteiger partial charge on any atom is 0.00698 e. The van der Waals surface area contributed by atoms with Crippen LogP contribution in [-0.2, 0) is 6.42 Å². The fourth-order valence-corrected chi connectivity index (χ4v) is 3.41. The molecule has 90 valence electrons. The minimum Gasteiger partial charge on any atom is -0.314 e. The Morgan fingerprint density at radius 1 is 1.44 bits per heavy atom. The lowest BCUT2D eigenvalue weighted by Crippen LogP contribution is -2.35. The van der Waals surface area contributed by atoms with Gasteiger partial charge in [-0.1, -0.05) is 26.2 Å². The summed E-state index contributed by atoms with van der Waals surface area (Å²) in [7, 11) is 0. The molecule has 0 bridgehead atoms. The van der Waals surface area contributed by atoms with E-state index < -0.39 is 0 Å². The molecular weight excluding hydrogens is 214 g/mol. The molecule has 1 fully saturated rings. The van der Waals surface area contributed by atoms with Crippen molar-refractivity contribution in [2.24, 2.45) is 5.92 Å². The van der Waals surface area contributed by atoms with Crippen LogP contribution in [0.4, 0.5) is 0 Å². The molecule has 1 saturated carbocycles. The zero-order chi connectivity index (χ0) is 11.2. The number of hydrogen-bond acceptors (Lipinski definition) is 2. The maximum atomic E-state index is 3.73. The fraction of sp³-hybridized carbons (Fsp3) is 0.714. The average Bonchev–Trinajstić information content (AvgIpc) is 2.82. The Morgan fingerprint density at radius 3 is 3.12 bits per heavy atom. The van der Waals surface area contributed by atoms with Gasteiger partial charge in [-0.2, -0.15) is 11.3 Å². The number of thiophene rings is 1. The molecule has 2 unspecified atom stereocenters. The molecule has 2 heteroatoms. The summed E-state index contributed by atoms with van der Waals surface area (Å²) in [6.45, 7) is 3.48. The second kappa shape index (κ2) is 6.41. The highest BCUT2D eigenvalue weighted by molar-refractivity contribution is 7.07. The van der Waals surface area contributed by atoms with Gasteiger partial charge in [-0.25, -0.2) is 0 Å². The Balaban J connectivity index is 1.65. The molecule has 0 radical (unpaired) electrons. The summed E-state index contributed by atoms with van der Waals surface area (Å²) in [5, 5.41) is 8.16.